The van der Waals surface area contributed by atoms with Gasteiger partial charge in [-0.1, -0.05) is 25.8 Å². The monoisotopic (exact) mass is 148 g/mol. The largest absolute Gasteiger partial charge is 0.293 e. The summed E-state index contributed by atoms with van der Waals surface area (Å²) >= 11 is 1.76. The lowest BCUT2D eigenvalue weighted by molar-refractivity contribution is 0.353. The standard InChI is InChI=1S/C6H16N2S/c1-4-8(3)6-7-9-5-2/h7H,4-6H2,1-3H3. The zero-order valence-electron chi connectivity index (χ0n) is 6.48. The second-order valence-electron chi connectivity index (χ2n) is 1.91. The summed E-state index contributed by atoms with van der Waals surface area (Å²) in [5.74, 6) is 1.14. The van der Waals surface area contributed by atoms with Crippen molar-refractivity contribution in [2.24, 2.45) is 0 Å². The molecule has 0 radical (unpaired) electrons. The topological polar surface area (TPSA) is 15.3 Å². The van der Waals surface area contributed by atoms with Crippen LogP contribution in [-0.2, 0) is 0 Å². The summed E-state index contributed by atoms with van der Waals surface area (Å²) in [6, 6.07) is 0. The number of nitrogens with zero attached hydrogens (tertiary/aromatic N) is 1. The zero-order chi connectivity index (χ0) is 7.11. The molecule has 0 aromatic rings. The van der Waals surface area contributed by atoms with Crippen molar-refractivity contribution < 1.29 is 0 Å². The van der Waals surface area contributed by atoms with Crippen LogP contribution in [0.15, 0.2) is 0 Å². The molecule has 2 nitrogen and oxygen atoms in total. The van der Waals surface area contributed by atoms with Gasteiger partial charge in [-0.25, -0.2) is 0 Å². The fourth-order valence-corrected chi connectivity index (χ4v) is 0.886. The lowest BCUT2D eigenvalue weighted by atomic mass is 10.7. The molecule has 3 heteroatoms. The zero-order valence-corrected chi connectivity index (χ0v) is 7.29. The second-order valence-corrected chi connectivity index (χ2v) is 3.06. The van der Waals surface area contributed by atoms with Crippen LogP contribution in [0.25, 0.3) is 0 Å². The van der Waals surface area contributed by atoms with Crippen molar-refractivity contribution in [2.45, 2.75) is 13.8 Å². The normalized spacial score (nSPS) is 10.7. The van der Waals surface area contributed by atoms with E-state index >= 15 is 0 Å². The highest BCUT2D eigenvalue weighted by molar-refractivity contribution is 7.97. The third-order valence-corrected chi connectivity index (χ3v) is 1.74. The Kier molecular flexibility index (Phi) is 6.58. The molecule has 9 heavy (non-hydrogen) atoms. The average molecular weight is 148 g/mol. The lowest BCUT2D eigenvalue weighted by Crippen LogP contribution is -2.26. The van der Waals surface area contributed by atoms with Crippen molar-refractivity contribution in [1.29, 1.82) is 0 Å². The Morgan fingerprint density at radius 2 is 2.11 bits per heavy atom. The fourth-order valence-electron chi connectivity index (χ4n) is 0.370. The fraction of sp³-hybridized carbons (Fsp3) is 1.00. The molecular formula is C6H16N2S. The molecule has 0 rings (SSSR count). The molecule has 0 fully saturated rings. The molecule has 0 aromatic carbocycles. The first-order chi connectivity index (χ1) is 4.31. The Balaban J connectivity index is 2.88. The number of hydrogen-bond acceptors (Lipinski definition) is 3. The van der Waals surface area contributed by atoms with E-state index in [2.05, 4.69) is 30.5 Å². The van der Waals surface area contributed by atoms with Crippen LogP contribution in [0.3, 0.4) is 0 Å². The second kappa shape index (κ2) is 6.39. The Morgan fingerprint density at radius 1 is 1.44 bits per heavy atom. The van der Waals surface area contributed by atoms with Gasteiger partial charge in [0.15, 0.2) is 0 Å². The van der Waals surface area contributed by atoms with E-state index in [0.29, 0.717) is 0 Å². The highest BCUT2D eigenvalue weighted by Crippen LogP contribution is 1.89. The van der Waals surface area contributed by atoms with Crippen LogP contribution in [0, 0.1) is 0 Å². The van der Waals surface area contributed by atoms with Gasteiger partial charge in [-0.05, 0) is 13.6 Å². The molecule has 0 unspecified atom stereocenters. The minimum Gasteiger partial charge on any atom is -0.293 e. The molecule has 0 aliphatic carbocycles. The quantitative estimate of drug-likeness (QED) is 0.358. The maximum Gasteiger partial charge on any atom is 0.0574 e. The number of hydrogen-bond donors (Lipinski definition) is 1. The van der Waals surface area contributed by atoms with Crippen LogP contribution in [-0.4, -0.2) is 30.9 Å². The minimum absolute atomic E-state index is 0.981. The molecule has 0 aliphatic heterocycles. The van der Waals surface area contributed by atoms with E-state index in [9.17, 15) is 0 Å². The Hall–Kier alpha value is 0.270. The van der Waals surface area contributed by atoms with Crippen molar-refractivity contribution in [1.82, 2.24) is 9.62 Å². The summed E-state index contributed by atoms with van der Waals surface area (Å²) in [5, 5.41) is 0. The molecule has 0 saturated heterocycles. The van der Waals surface area contributed by atoms with Gasteiger partial charge in [0.1, 0.15) is 0 Å². The van der Waals surface area contributed by atoms with Gasteiger partial charge in [0.05, 0.1) is 6.67 Å². The predicted molar refractivity (Wildman–Crippen MR) is 44.4 cm³/mol. The molecule has 0 aliphatic rings. The summed E-state index contributed by atoms with van der Waals surface area (Å²) < 4.78 is 3.23. The van der Waals surface area contributed by atoms with Crippen LogP contribution in [0.1, 0.15) is 13.8 Å². The van der Waals surface area contributed by atoms with Gasteiger partial charge in [-0.2, -0.15) is 0 Å². The number of rotatable bonds is 5. The van der Waals surface area contributed by atoms with E-state index in [1.165, 1.54) is 0 Å². The first kappa shape index (κ1) is 9.27. The third-order valence-electron chi connectivity index (χ3n) is 1.12. The molecule has 0 spiro atoms. The first-order valence-corrected chi connectivity index (χ1v) is 4.33. The van der Waals surface area contributed by atoms with Crippen LogP contribution in [0.5, 0.6) is 0 Å². The van der Waals surface area contributed by atoms with Crippen LogP contribution in [0.4, 0.5) is 0 Å². The maximum atomic E-state index is 3.23. The van der Waals surface area contributed by atoms with Gasteiger partial charge in [0.2, 0.25) is 0 Å². The molecule has 0 aromatic heterocycles. The van der Waals surface area contributed by atoms with Crippen molar-refractivity contribution in [2.75, 3.05) is 26.0 Å². The lowest BCUT2D eigenvalue weighted by Gasteiger charge is -2.12. The van der Waals surface area contributed by atoms with Gasteiger partial charge in [0, 0.05) is 5.75 Å². The predicted octanol–water partition coefficient (Wildman–Crippen LogP) is 1.15. The molecule has 56 valence electrons. The van der Waals surface area contributed by atoms with E-state index in [-0.39, 0.29) is 0 Å². The molecule has 0 heterocycles. The summed E-state index contributed by atoms with van der Waals surface area (Å²) in [6.45, 7) is 6.38. The van der Waals surface area contributed by atoms with E-state index in [1.54, 1.807) is 11.9 Å². The van der Waals surface area contributed by atoms with Crippen LogP contribution in [0.2, 0.25) is 0 Å². The summed E-state index contributed by atoms with van der Waals surface area (Å²) in [5.41, 5.74) is 0. The number of nitrogens with one attached hydrogen (secondary N) is 1. The smallest absolute Gasteiger partial charge is 0.0574 e. The van der Waals surface area contributed by atoms with E-state index in [1.807, 2.05) is 0 Å². The van der Waals surface area contributed by atoms with Gasteiger partial charge in [0.25, 0.3) is 0 Å². The molecule has 1 N–H and O–H groups in total. The third kappa shape index (κ3) is 6.15. The summed E-state index contributed by atoms with van der Waals surface area (Å²) in [4.78, 5) is 2.22. The van der Waals surface area contributed by atoms with Gasteiger partial charge >= 0.3 is 0 Å². The van der Waals surface area contributed by atoms with Crippen molar-refractivity contribution in [3.05, 3.63) is 0 Å². The molecular weight excluding hydrogens is 132 g/mol. The van der Waals surface area contributed by atoms with E-state index < -0.39 is 0 Å². The molecule has 0 amide bonds. The summed E-state index contributed by atoms with van der Waals surface area (Å²) in [7, 11) is 2.10. The van der Waals surface area contributed by atoms with Crippen LogP contribution >= 0.6 is 11.9 Å². The minimum atomic E-state index is 0.981. The van der Waals surface area contributed by atoms with Crippen LogP contribution < -0.4 is 4.72 Å². The van der Waals surface area contributed by atoms with Gasteiger partial charge in [-0.3, -0.25) is 9.62 Å². The molecule has 0 saturated carbocycles. The van der Waals surface area contributed by atoms with Crippen molar-refractivity contribution in [3.63, 3.8) is 0 Å². The van der Waals surface area contributed by atoms with Crippen molar-refractivity contribution in [3.8, 4) is 0 Å². The molecule has 0 atom stereocenters. The Bertz CT molecular complexity index is 59.0. The first-order valence-electron chi connectivity index (χ1n) is 3.34. The average Bonchev–Trinajstić information content (AvgIpc) is 1.89. The highest BCUT2D eigenvalue weighted by Gasteiger charge is 1.89. The van der Waals surface area contributed by atoms with Gasteiger partial charge < -0.3 is 0 Å². The Morgan fingerprint density at radius 3 is 2.56 bits per heavy atom. The Labute approximate surface area is 62.1 Å². The van der Waals surface area contributed by atoms with Crippen molar-refractivity contribution >= 4 is 11.9 Å². The molecule has 0 bridgehead atoms. The SMILES string of the molecule is CCSNCN(C)CC. The highest BCUT2D eigenvalue weighted by atomic mass is 32.2. The van der Waals surface area contributed by atoms with Gasteiger partial charge in [-0.15, -0.1) is 0 Å². The maximum absolute atomic E-state index is 3.23. The summed E-state index contributed by atoms with van der Waals surface area (Å²) in [6.07, 6.45) is 0. The van der Waals surface area contributed by atoms with E-state index in [4.69, 9.17) is 0 Å². The van der Waals surface area contributed by atoms with E-state index in [0.717, 1.165) is 19.0 Å².